The average Bonchev–Trinajstić information content (AvgIpc) is 2.46. The number of nitrogens with zero attached hydrogens (tertiary/aromatic N) is 1. The molecule has 1 aliphatic heterocycles. The molecule has 1 amide bonds. The minimum absolute atomic E-state index is 0. The van der Waals surface area contributed by atoms with Crippen LogP contribution in [-0.2, 0) is 0 Å². The summed E-state index contributed by atoms with van der Waals surface area (Å²) in [6.45, 7) is 6.74. The number of nitrogens with two attached hydrogens (primary N) is 1. The predicted molar refractivity (Wildman–Crippen MR) is 85.5 cm³/mol. The molecule has 0 spiro atoms. The smallest absolute Gasteiger partial charge is 0.253 e. The maximum atomic E-state index is 12.4. The van der Waals surface area contributed by atoms with Gasteiger partial charge in [-0.2, -0.15) is 0 Å². The Bertz CT molecular complexity index is 423. The molecule has 0 aliphatic carbocycles. The fraction of sp³-hybridized carbons (Fsp3) is 0.562. The quantitative estimate of drug-likeness (QED) is 0.932. The minimum atomic E-state index is 0. The van der Waals surface area contributed by atoms with Crippen molar-refractivity contribution < 1.29 is 4.79 Å². The van der Waals surface area contributed by atoms with E-state index in [1.165, 1.54) is 5.56 Å². The molecular formula is C16H25ClN2O. The van der Waals surface area contributed by atoms with Crippen LogP contribution in [0.4, 0.5) is 0 Å². The number of hydrogen-bond donors (Lipinski definition) is 1. The van der Waals surface area contributed by atoms with Gasteiger partial charge in [-0.1, -0.05) is 26.0 Å². The van der Waals surface area contributed by atoms with Crippen LogP contribution in [0.1, 0.15) is 48.5 Å². The van der Waals surface area contributed by atoms with E-state index < -0.39 is 0 Å². The lowest BCUT2D eigenvalue weighted by molar-refractivity contribution is 0.0693. The SMILES string of the molecule is CC(C)c1ccc(C(=O)N2CCC(CN)CC2)cc1.Cl. The molecule has 0 unspecified atom stereocenters. The van der Waals surface area contributed by atoms with Gasteiger partial charge in [-0.3, -0.25) is 4.79 Å². The Morgan fingerprint density at radius 1 is 1.25 bits per heavy atom. The first-order valence-electron chi connectivity index (χ1n) is 7.21. The van der Waals surface area contributed by atoms with Crippen LogP contribution >= 0.6 is 12.4 Å². The Morgan fingerprint density at radius 3 is 2.25 bits per heavy atom. The van der Waals surface area contributed by atoms with Crippen molar-refractivity contribution in [1.82, 2.24) is 4.90 Å². The van der Waals surface area contributed by atoms with Crippen LogP contribution in [0.15, 0.2) is 24.3 Å². The molecule has 0 saturated carbocycles. The zero-order valence-corrected chi connectivity index (χ0v) is 13.2. The average molecular weight is 297 g/mol. The Morgan fingerprint density at radius 2 is 1.80 bits per heavy atom. The van der Waals surface area contributed by atoms with E-state index >= 15 is 0 Å². The Kier molecular flexibility index (Phi) is 6.50. The monoisotopic (exact) mass is 296 g/mol. The first-order valence-corrected chi connectivity index (χ1v) is 7.21. The van der Waals surface area contributed by atoms with Crippen LogP contribution < -0.4 is 5.73 Å². The van der Waals surface area contributed by atoms with Crippen molar-refractivity contribution in [2.45, 2.75) is 32.6 Å². The van der Waals surface area contributed by atoms with Gasteiger partial charge in [0.25, 0.3) is 5.91 Å². The Balaban J connectivity index is 0.00000200. The summed E-state index contributed by atoms with van der Waals surface area (Å²) in [5.74, 6) is 1.25. The third kappa shape index (κ3) is 3.97. The number of carbonyl (C=O) groups is 1. The van der Waals surface area contributed by atoms with Gasteiger partial charge >= 0.3 is 0 Å². The van der Waals surface area contributed by atoms with E-state index in [2.05, 4.69) is 26.0 Å². The van der Waals surface area contributed by atoms with E-state index in [1.807, 2.05) is 17.0 Å². The highest BCUT2D eigenvalue weighted by Gasteiger charge is 2.22. The molecule has 2 N–H and O–H groups in total. The standard InChI is InChI=1S/C16H24N2O.ClH/c1-12(2)14-3-5-15(6-4-14)16(19)18-9-7-13(11-17)8-10-18;/h3-6,12-13H,7-11,17H2,1-2H3;1H. The zero-order chi connectivity index (χ0) is 13.8. The number of likely N-dealkylation sites (tertiary alicyclic amines) is 1. The van der Waals surface area contributed by atoms with E-state index in [0.717, 1.165) is 38.0 Å². The Labute approximate surface area is 127 Å². The van der Waals surface area contributed by atoms with Crippen molar-refractivity contribution in [2.24, 2.45) is 11.7 Å². The normalized spacial score (nSPS) is 16.1. The summed E-state index contributed by atoms with van der Waals surface area (Å²) in [5, 5.41) is 0. The third-order valence-corrected chi connectivity index (χ3v) is 4.06. The summed E-state index contributed by atoms with van der Waals surface area (Å²) < 4.78 is 0. The first-order chi connectivity index (χ1) is 9.11. The van der Waals surface area contributed by atoms with Crippen LogP contribution in [-0.4, -0.2) is 30.4 Å². The molecule has 2 rings (SSSR count). The fourth-order valence-electron chi connectivity index (χ4n) is 2.56. The van der Waals surface area contributed by atoms with Crippen LogP contribution in [0.25, 0.3) is 0 Å². The topological polar surface area (TPSA) is 46.3 Å². The van der Waals surface area contributed by atoms with Crippen molar-refractivity contribution in [3.05, 3.63) is 35.4 Å². The molecule has 4 heteroatoms. The number of halogens is 1. The molecule has 0 radical (unpaired) electrons. The maximum Gasteiger partial charge on any atom is 0.253 e. The summed E-state index contributed by atoms with van der Waals surface area (Å²) >= 11 is 0. The molecule has 1 heterocycles. The lowest BCUT2D eigenvalue weighted by Gasteiger charge is -2.31. The van der Waals surface area contributed by atoms with Crippen molar-refractivity contribution in [3.63, 3.8) is 0 Å². The highest BCUT2D eigenvalue weighted by Crippen LogP contribution is 2.19. The van der Waals surface area contributed by atoms with Gasteiger partial charge in [0.1, 0.15) is 0 Å². The summed E-state index contributed by atoms with van der Waals surface area (Å²) in [5.41, 5.74) is 7.76. The fourth-order valence-corrected chi connectivity index (χ4v) is 2.56. The van der Waals surface area contributed by atoms with Gasteiger partial charge in [0.2, 0.25) is 0 Å². The molecule has 112 valence electrons. The third-order valence-electron chi connectivity index (χ3n) is 4.06. The van der Waals surface area contributed by atoms with Gasteiger partial charge in [0, 0.05) is 18.7 Å². The van der Waals surface area contributed by atoms with E-state index in [4.69, 9.17) is 5.73 Å². The van der Waals surface area contributed by atoms with Crippen molar-refractivity contribution in [3.8, 4) is 0 Å². The number of carbonyl (C=O) groups excluding carboxylic acids is 1. The van der Waals surface area contributed by atoms with Gasteiger partial charge < -0.3 is 10.6 Å². The number of rotatable bonds is 3. The maximum absolute atomic E-state index is 12.4. The van der Waals surface area contributed by atoms with E-state index in [1.54, 1.807) is 0 Å². The van der Waals surface area contributed by atoms with Crippen molar-refractivity contribution >= 4 is 18.3 Å². The number of amides is 1. The summed E-state index contributed by atoms with van der Waals surface area (Å²) in [4.78, 5) is 14.3. The van der Waals surface area contributed by atoms with E-state index in [0.29, 0.717) is 11.8 Å². The van der Waals surface area contributed by atoms with Crippen LogP contribution in [0.3, 0.4) is 0 Å². The van der Waals surface area contributed by atoms with Crippen LogP contribution in [0.2, 0.25) is 0 Å². The molecule has 1 aromatic rings. The zero-order valence-electron chi connectivity index (χ0n) is 12.3. The van der Waals surface area contributed by atoms with Gasteiger partial charge in [0.15, 0.2) is 0 Å². The highest BCUT2D eigenvalue weighted by molar-refractivity contribution is 5.94. The van der Waals surface area contributed by atoms with Crippen LogP contribution in [0.5, 0.6) is 0 Å². The predicted octanol–water partition coefficient (Wildman–Crippen LogP) is 3.04. The molecule has 1 fully saturated rings. The van der Waals surface area contributed by atoms with Gasteiger partial charge in [-0.15, -0.1) is 12.4 Å². The second kappa shape index (κ2) is 7.65. The second-order valence-electron chi connectivity index (χ2n) is 5.75. The molecule has 1 aromatic carbocycles. The lowest BCUT2D eigenvalue weighted by atomic mass is 9.96. The first kappa shape index (κ1) is 17.0. The molecular weight excluding hydrogens is 272 g/mol. The van der Waals surface area contributed by atoms with Crippen molar-refractivity contribution in [1.29, 1.82) is 0 Å². The summed E-state index contributed by atoms with van der Waals surface area (Å²) in [6, 6.07) is 8.02. The van der Waals surface area contributed by atoms with Gasteiger partial charge in [0.05, 0.1) is 0 Å². The molecule has 20 heavy (non-hydrogen) atoms. The van der Waals surface area contributed by atoms with E-state index in [-0.39, 0.29) is 18.3 Å². The second-order valence-corrected chi connectivity index (χ2v) is 5.75. The highest BCUT2D eigenvalue weighted by atomic mass is 35.5. The molecule has 1 aliphatic rings. The molecule has 0 bridgehead atoms. The molecule has 3 nitrogen and oxygen atoms in total. The van der Waals surface area contributed by atoms with Gasteiger partial charge in [-0.05, 0) is 48.9 Å². The summed E-state index contributed by atoms with van der Waals surface area (Å²) in [7, 11) is 0. The molecule has 0 aromatic heterocycles. The minimum Gasteiger partial charge on any atom is -0.339 e. The largest absolute Gasteiger partial charge is 0.339 e. The lowest BCUT2D eigenvalue weighted by Crippen LogP contribution is -2.40. The number of benzene rings is 1. The van der Waals surface area contributed by atoms with Crippen LogP contribution in [0, 0.1) is 5.92 Å². The van der Waals surface area contributed by atoms with E-state index in [9.17, 15) is 4.79 Å². The van der Waals surface area contributed by atoms with Gasteiger partial charge in [-0.25, -0.2) is 0 Å². The number of piperidine rings is 1. The molecule has 0 atom stereocenters. The number of hydrogen-bond acceptors (Lipinski definition) is 2. The summed E-state index contributed by atoms with van der Waals surface area (Å²) in [6.07, 6.45) is 2.07. The molecule has 1 saturated heterocycles. The Hall–Kier alpha value is -1.06. The van der Waals surface area contributed by atoms with Crippen molar-refractivity contribution in [2.75, 3.05) is 19.6 Å².